The molecule has 1 saturated heterocycles. The van der Waals surface area contributed by atoms with Crippen LogP contribution in [-0.2, 0) is 16.3 Å². The first kappa shape index (κ1) is 11.5. The van der Waals surface area contributed by atoms with Crippen LogP contribution in [0.2, 0.25) is 0 Å². The summed E-state index contributed by atoms with van der Waals surface area (Å²) >= 11 is 0. The van der Waals surface area contributed by atoms with E-state index in [0.29, 0.717) is 30.8 Å². The highest BCUT2D eigenvalue weighted by atomic mass is 32.2. The predicted molar refractivity (Wildman–Crippen MR) is 60.6 cm³/mol. The minimum absolute atomic E-state index is 0.280. The fourth-order valence-electron chi connectivity index (χ4n) is 1.95. The van der Waals surface area contributed by atoms with Gasteiger partial charge in [-0.3, -0.25) is 0 Å². The molecule has 0 aliphatic carbocycles. The lowest BCUT2D eigenvalue weighted by Crippen LogP contribution is -2.11. The van der Waals surface area contributed by atoms with E-state index in [-0.39, 0.29) is 5.75 Å². The summed E-state index contributed by atoms with van der Waals surface area (Å²) in [5, 5.41) is -0.403. The van der Waals surface area contributed by atoms with Gasteiger partial charge in [-0.25, -0.2) is 18.4 Å². The second-order valence-electron chi connectivity index (χ2n) is 3.97. The quantitative estimate of drug-likeness (QED) is 0.818. The number of aromatic nitrogens is 2. The van der Waals surface area contributed by atoms with Gasteiger partial charge in [-0.15, -0.1) is 0 Å². The molecule has 0 amide bonds. The van der Waals surface area contributed by atoms with Crippen LogP contribution in [0.3, 0.4) is 0 Å². The third-order valence-corrected chi connectivity index (χ3v) is 5.03. The van der Waals surface area contributed by atoms with E-state index in [1.807, 2.05) is 0 Å². The molecule has 1 aromatic heterocycles. The van der Waals surface area contributed by atoms with Crippen molar-refractivity contribution in [3.63, 3.8) is 0 Å². The van der Waals surface area contributed by atoms with E-state index in [9.17, 15) is 8.42 Å². The summed E-state index contributed by atoms with van der Waals surface area (Å²) in [5.41, 5.74) is 6.09. The fourth-order valence-corrected chi connectivity index (χ4v) is 3.87. The number of nitrogens with two attached hydrogens (primary N) is 1. The van der Waals surface area contributed by atoms with Gasteiger partial charge in [0, 0.05) is 24.4 Å². The maximum atomic E-state index is 11.7. The van der Waals surface area contributed by atoms with Crippen LogP contribution in [-0.4, -0.2) is 30.7 Å². The summed E-state index contributed by atoms with van der Waals surface area (Å²) < 4.78 is 23.4. The van der Waals surface area contributed by atoms with E-state index in [4.69, 9.17) is 5.73 Å². The largest absolute Gasteiger partial charge is 0.330 e. The van der Waals surface area contributed by atoms with Crippen molar-refractivity contribution < 1.29 is 8.42 Å². The Bertz CT molecular complexity index is 455. The molecule has 1 unspecified atom stereocenters. The number of nitrogens with zero attached hydrogens (tertiary/aromatic N) is 2. The van der Waals surface area contributed by atoms with Crippen LogP contribution in [0.4, 0.5) is 0 Å². The Kier molecular flexibility index (Phi) is 3.20. The maximum absolute atomic E-state index is 11.7. The molecule has 16 heavy (non-hydrogen) atoms. The molecule has 5 nitrogen and oxygen atoms in total. The Morgan fingerprint density at radius 3 is 2.56 bits per heavy atom. The molecular weight excluding hydrogens is 226 g/mol. The molecular formula is C10H15N3O2S. The Morgan fingerprint density at radius 2 is 2.06 bits per heavy atom. The maximum Gasteiger partial charge on any atom is 0.157 e. The van der Waals surface area contributed by atoms with E-state index in [1.54, 1.807) is 12.4 Å². The third kappa shape index (κ3) is 2.22. The average Bonchev–Trinajstić information content (AvgIpc) is 2.60. The first-order valence-corrected chi connectivity index (χ1v) is 7.07. The minimum Gasteiger partial charge on any atom is -0.330 e. The Balaban J connectivity index is 2.22. The number of rotatable bonds is 3. The van der Waals surface area contributed by atoms with Gasteiger partial charge in [0.25, 0.3) is 0 Å². The normalized spacial score (nSPS) is 23.4. The Labute approximate surface area is 95.0 Å². The smallest absolute Gasteiger partial charge is 0.157 e. The molecule has 0 bridgehead atoms. The van der Waals surface area contributed by atoms with Crippen molar-refractivity contribution in [3.05, 3.63) is 23.8 Å². The predicted octanol–water partition coefficient (Wildman–Crippen LogP) is 0.227. The third-order valence-electron chi connectivity index (χ3n) is 2.79. The van der Waals surface area contributed by atoms with Gasteiger partial charge in [0.2, 0.25) is 0 Å². The van der Waals surface area contributed by atoms with Crippen molar-refractivity contribution in [2.24, 2.45) is 5.73 Å². The molecule has 0 aromatic carbocycles. The number of hydrogen-bond acceptors (Lipinski definition) is 5. The number of sulfone groups is 1. The Hall–Kier alpha value is -1.01. The van der Waals surface area contributed by atoms with Crippen molar-refractivity contribution in [2.75, 3.05) is 12.3 Å². The van der Waals surface area contributed by atoms with Crippen molar-refractivity contribution in [1.82, 2.24) is 9.97 Å². The summed E-state index contributed by atoms with van der Waals surface area (Å²) in [7, 11) is -2.97. The summed E-state index contributed by atoms with van der Waals surface area (Å²) in [6, 6.07) is 0. The molecule has 88 valence electrons. The monoisotopic (exact) mass is 241 g/mol. The molecule has 1 aliphatic rings. The lowest BCUT2D eigenvalue weighted by atomic mass is 10.1. The molecule has 2 N–H and O–H groups in total. The SMILES string of the molecule is NCCc1ncc(C2CCCS2(=O)=O)cn1. The highest BCUT2D eigenvalue weighted by Gasteiger charge is 2.32. The van der Waals surface area contributed by atoms with Crippen LogP contribution in [0.25, 0.3) is 0 Å². The van der Waals surface area contributed by atoms with Crippen molar-refractivity contribution >= 4 is 9.84 Å². The molecule has 1 aromatic rings. The summed E-state index contributed by atoms with van der Waals surface area (Å²) in [4.78, 5) is 8.25. The molecule has 2 rings (SSSR count). The van der Waals surface area contributed by atoms with Crippen molar-refractivity contribution in [1.29, 1.82) is 0 Å². The van der Waals surface area contributed by atoms with E-state index in [1.165, 1.54) is 0 Å². The molecule has 1 fully saturated rings. The van der Waals surface area contributed by atoms with Crippen molar-refractivity contribution in [2.45, 2.75) is 24.5 Å². The van der Waals surface area contributed by atoms with Gasteiger partial charge in [-0.05, 0) is 19.4 Å². The van der Waals surface area contributed by atoms with Gasteiger partial charge in [0.05, 0.1) is 11.0 Å². The van der Waals surface area contributed by atoms with E-state index >= 15 is 0 Å². The van der Waals surface area contributed by atoms with Gasteiger partial charge >= 0.3 is 0 Å². The zero-order chi connectivity index (χ0) is 11.6. The van der Waals surface area contributed by atoms with Crippen LogP contribution in [0.15, 0.2) is 12.4 Å². The first-order chi connectivity index (χ1) is 7.63. The van der Waals surface area contributed by atoms with E-state index in [2.05, 4.69) is 9.97 Å². The summed E-state index contributed by atoms with van der Waals surface area (Å²) in [6.07, 6.45) is 5.27. The highest BCUT2D eigenvalue weighted by Crippen LogP contribution is 2.33. The molecule has 0 radical (unpaired) electrons. The highest BCUT2D eigenvalue weighted by molar-refractivity contribution is 7.91. The van der Waals surface area contributed by atoms with E-state index in [0.717, 1.165) is 6.42 Å². The molecule has 1 aliphatic heterocycles. The van der Waals surface area contributed by atoms with E-state index < -0.39 is 15.1 Å². The van der Waals surface area contributed by atoms with Gasteiger partial charge in [-0.2, -0.15) is 0 Å². The van der Waals surface area contributed by atoms with Gasteiger partial charge in [0.15, 0.2) is 9.84 Å². The standard InChI is InChI=1S/C10H15N3O2S/c11-4-3-10-12-6-8(7-13-10)9-2-1-5-16(9,14)15/h6-7,9H,1-5,11H2. The van der Waals surface area contributed by atoms with Crippen LogP contribution in [0, 0.1) is 0 Å². The lowest BCUT2D eigenvalue weighted by molar-refractivity contribution is 0.591. The minimum atomic E-state index is -2.97. The zero-order valence-electron chi connectivity index (χ0n) is 8.96. The molecule has 2 heterocycles. The van der Waals surface area contributed by atoms with Gasteiger partial charge in [0.1, 0.15) is 5.82 Å². The molecule has 0 saturated carbocycles. The van der Waals surface area contributed by atoms with Crippen LogP contribution < -0.4 is 5.73 Å². The second kappa shape index (κ2) is 4.47. The first-order valence-electron chi connectivity index (χ1n) is 5.36. The lowest BCUT2D eigenvalue weighted by Gasteiger charge is -2.08. The fraction of sp³-hybridized carbons (Fsp3) is 0.600. The number of hydrogen-bond donors (Lipinski definition) is 1. The van der Waals surface area contributed by atoms with Crippen molar-refractivity contribution in [3.8, 4) is 0 Å². The molecule has 6 heteroatoms. The van der Waals surface area contributed by atoms with Crippen LogP contribution >= 0.6 is 0 Å². The van der Waals surface area contributed by atoms with Gasteiger partial charge in [-0.1, -0.05) is 0 Å². The topological polar surface area (TPSA) is 85.9 Å². The summed E-state index contributed by atoms with van der Waals surface area (Å²) in [5.74, 6) is 0.948. The second-order valence-corrected chi connectivity index (χ2v) is 6.27. The van der Waals surface area contributed by atoms with Crippen LogP contribution in [0.1, 0.15) is 29.5 Å². The molecule has 1 atom stereocenters. The van der Waals surface area contributed by atoms with Gasteiger partial charge < -0.3 is 5.73 Å². The average molecular weight is 241 g/mol. The zero-order valence-corrected chi connectivity index (χ0v) is 9.78. The Morgan fingerprint density at radius 1 is 1.38 bits per heavy atom. The molecule has 0 spiro atoms. The van der Waals surface area contributed by atoms with Crippen LogP contribution in [0.5, 0.6) is 0 Å². The summed E-state index contributed by atoms with van der Waals surface area (Å²) in [6.45, 7) is 0.501.